The number of rotatable bonds is 5. The first-order chi connectivity index (χ1) is 12.3. The van der Waals surface area contributed by atoms with Gasteiger partial charge in [-0.25, -0.2) is 4.79 Å². The first-order valence-electron chi connectivity index (χ1n) is 8.01. The zero-order valence-electron chi connectivity index (χ0n) is 15.1. The van der Waals surface area contributed by atoms with E-state index in [1.807, 2.05) is 0 Å². The lowest BCUT2D eigenvalue weighted by atomic mass is 10.1. The Morgan fingerprint density at radius 1 is 1.46 bits per heavy atom. The Morgan fingerprint density at radius 3 is 2.85 bits per heavy atom. The molecule has 0 amide bonds. The molecule has 1 atom stereocenters. The lowest BCUT2D eigenvalue weighted by Crippen LogP contribution is -2.10. The van der Waals surface area contributed by atoms with E-state index in [0.29, 0.717) is 34.6 Å². The quantitative estimate of drug-likeness (QED) is 0.352. The van der Waals surface area contributed by atoms with Crippen LogP contribution in [0.2, 0.25) is 0 Å². The molecule has 8 nitrogen and oxygen atoms in total. The molecule has 0 N–H and O–H groups in total. The van der Waals surface area contributed by atoms with Gasteiger partial charge in [0.15, 0.2) is 0 Å². The van der Waals surface area contributed by atoms with Crippen LogP contribution in [0.4, 0.5) is 0 Å². The molecule has 0 aliphatic carbocycles. The number of nitrogens with zero attached hydrogens (tertiary/aromatic N) is 4. The van der Waals surface area contributed by atoms with Crippen LogP contribution in [0.15, 0.2) is 18.3 Å². The molecule has 8 heteroatoms. The van der Waals surface area contributed by atoms with Crippen molar-refractivity contribution >= 4 is 5.97 Å². The van der Waals surface area contributed by atoms with Gasteiger partial charge in [-0.3, -0.25) is 19.8 Å². The number of carbonyl (C=O) groups is 1. The number of esters is 1. The third-order valence-corrected chi connectivity index (χ3v) is 3.71. The average molecular weight is 356 g/mol. The summed E-state index contributed by atoms with van der Waals surface area (Å²) in [4.78, 5) is 26.5. The standard InChI is InChI=1S/C18H20N4O4/c1-12(11-22(24)25)6-5-7-17-15(10-19-21(17)3)16-9-14(18(23)26-4)8-13(2)20-16/h8-10,12H,6,11H2,1-4H3. The molecule has 0 saturated carbocycles. The van der Waals surface area contributed by atoms with Gasteiger partial charge in [-0.15, -0.1) is 0 Å². The van der Waals surface area contributed by atoms with Gasteiger partial charge in [0.25, 0.3) is 0 Å². The topological polar surface area (TPSA) is 100 Å². The average Bonchev–Trinajstić information content (AvgIpc) is 2.94. The van der Waals surface area contributed by atoms with Gasteiger partial charge in [0.2, 0.25) is 6.54 Å². The fourth-order valence-electron chi connectivity index (χ4n) is 2.44. The maximum Gasteiger partial charge on any atom is 0.337 e. The minimum atomic E-state index is -0.443. The Hall–Kier alpha value is -3.21. The Balaban J connectivity index is 2.35. The summed E-state index contributed by atoms with van der Waals surface area (Å²) in [5.41, 5.74) is 2.96. The van der Waals surface area contributed by atoms with Crippen LogP contribution < -0.4 is 0 Å². The highest BCUT2D eigenvalue weighted by Gasteiger charge is 2.15. The van der Waals surface area contributed by atoms with E-state index in [0.717, 1.165) is 0 Å². The summed E-state index contributed by atoms with van der Waals surface area (Å²) in [6.07, 6.45) is 2.04. The maximum atomic E-state index is 11.8. The van der Waals surface area contributed by atoms with Crippen molar-refractivity contribution in [2.24, 2.45) is 13.0 Å². The molecule has 0 fully saturated rings. The molecular weight excluding hydrogens is 336 g/mol. The second-order valence-electron chi connectivity index (χ2n) is 6.03. The summed E-state index contributed by atoms with van der Waals surface area (Å²) in [5, 5.41) is 14.7. The van der Waals surface area contributed by atoms with Crippen LogP contribution in [-0.2, 0) is 11.8 Å². The van der Waals surface area contributed by atoms with Gasteiger partial charge in [-0.2, -0.15) is 5.10 Å². The Labute approximate surface area is 151 Å². The monoisotopic (exact) mass is 356 g/mol. The summed E-state index contributed by atoms with van der Waals surface area (Å²) in [6.45, 7) is 3.46. The number of aryl methyl sites for hydroxylation is 2. The minimum Gasteiger partial charge on any atom is -0.465 e. The van der Waals surface area contributed by atoms with Crippen molar-refractivity contribution in [1.29, 1.82) is 0 Å². The Kier molecular flexibility index (Phi) is 6.07. The largest absolute Gasteiger partial charge is 0.465 e. The summed E-state index contributed by atoms with van der Waals surface area (Å²) >= 11 is 0. The number of methoxy groups -OCH3 is 1. The second-order valence-corrected chi connectivity index (χ2v) is 6.03. The number of hydrogen-bond acceptors (Lipinski definition) is 6. The zero-order valence-corrected chi connectivity index (χ0v) is 15.1. The highest BCUT2D eigenvalue weighted by Crippen LogP contribution is 2.23. The van der Waals surface area contributed by atoms with Crippen molar-refractivity contribution in [3.05, 3.63) is 45.4 Å². The van der Waals surface area contributed by atoms with E-state index in [2.05, 4.69) is 21.9 Å². The van der Waals surface area contributed by atoms with Crippen molar-refractivity contribution in [3.8, 4) is 23.1 Å². The summed E-state index contributed by atoms with van der Waals surface area (Å²) < 4.78 is 6.38. The Morgan fingerprint density at radius 2 is 2.19 bits per heavy atom. The van der Waals surface area contributed by atoms with Gasteiger partial charge in [0, 0.05) is 30.0 Å². The molecule has 0 aliphatic rings. The zero-order chi connectivity index (χ0) is 19.3. The van der Waals surface area contributed by atoms with E-state index in [4.69, 9.17) is 4.74 Å². The third-order valence-electron chi connectivity index (χ3n) is 3.71. The van der Waals surface area contributed by atoms with E-state index < -0.39 is 5.97 Å². The molecule has 0 aliphatic heterocycles. The molecule has 2 heterocycles. The highest BCUT2D eigenvalue weighted by molar-refractivity contribution is 5.90. The molecule has 0 aromatic carbocycles. The number of nitro groups is 1. The van der Waals surface area contributed by atoms with Crippen LogP contribution in [0.5, 0.6) is 0 Å². The van der Waals surface area contributed by atoms with E-state index in [1.54, 1.807) is 43.9 Å². The number of carbonyl (C=O) groups excluding carboxylic acids is 1. The Bertz CT molecular complexity index is 892. The molecule has 2 aromatic rings. The first-order valence-corrected chi connectivity index (χ1v) is 8.01. The number of hydrogen-bond donors (Lipinski definition) is 0. The number of ether oxygens (including phenoxy) is 1. The molecule has 0 bridgehead atoms. The molecule has 0 saturated heterocycles. The molecule has 0 radical (unpaired) electrons. The second kappa shape index (κ2) is 8.25. The SMILES string of the molecule is COC(=O)c1cc(C)nc(-c2cnn(C)c2C#CCC(C)C[N+](=O)[O-])c1. The van der Waals surface area contributed by atoms with Gasteiger partial charge < -0.3 is 4.74 Å². The van der Waals surface area contributed by atoms with Gasteiger partial charge in [0.1, 0.15) is 5.69 Å². The lowest BCUT2D eigenvalue weighted by Gasteiger charge is -2.05. The van der Waals surface area contributed by atoms with Gasteiger partial charge in [0.05, 0.1) is 30.1 Å². The van der Waals surface area contributed by atoms with Crippen molar-refractivity contribution in [1.82, 2.24) is 14.8 Å². The van der Waals surface area contributed by atoms with E-state index in [9.17, 15) is 14.9 Å². The van der Waals surface area contributed by atoms with Crippen LogP contribution in [0.1, 0.15) is 35.1 Å². The lowest BCUT2D eigenvalue weighted by molar-refractivity contribution is -0.487. The number of aromatic nitrogens is 3. The van der Waals surface area contributed by atoms with Crippen molar-refractivity contribution in [3.63, 3.8) is 0 Å². The predicted molar refractivity (Wildman–Crippen MR) is 95.0 cm³/mol. The van der Waals surface area contributed by atoms with Gasteiger partial charge >= 0.3 is 5.97 Å². The molecule has 136 valence electrons. The van der Waals surface area contributed by atoms with E-state index in [1.165, 1.54) is 7.11 Å². The van der Waals surface area contributed by atoms with Crippen LogP contribution in [-0.4, -0.2) is 39.3 Å². The normalized spacial score (nSPS) is 11.4. The summed E-state index contributed by atoms with van der Waals surface area (Å²) in [7, 11) is 3.08. The molecule has 2 rings (SSSR count). The third kappa shape index (κ3) is 4.66. The van der Waals surface area contributed by atoms with Crippen molar-refractivity contribution in [2.45, 2.75) is 20.3 Å². The molecule has 0 spiro atoms. The van der Waals surface area contributed by atoms with Crippen molar-refractivity contribution in [2.75, 3.05) is 13.7 Å². The molecule has 1 unspecified atom stereocenters. The summed E-state index contributed by atoms with van der Waals surface area (Å²) in [6, 6.07) is 3.28. The number of pyridine rings is 1. The molecule has 26 heavy (non-hydrogen) atoms. The maximum absolute atomic E-state index is 11.8. The van der Waals surface area contributed by atoms with Crippen molar-refractivity contribution < 1.29 is 14.5 Å². The molecule has 2 aromatic heterocycles. The van der Waals surface area contributed by atoms with Crippen LogP contribution in [0, 0.1) is 34.8 Å². The fraction of sp³-hybridized carbons (Fsp3) is 0.389. The first kappa shape index (κ1) is 19.1. The van der Waals surface area contributed by atoms with Crippen LogP contribution >= 0.6 is 0 Å². The molecular formula is C18H20N4O4. The summed E-state index contributed by atoms with van der Waals surface area (Å²) in [5.74, 6) is 5.41. The highest BCUT2D eigenvalue weighted by atomic mass is 16.6. The van der Waals surface area contributed by atoms with Crippen LogP contribution in [0.3, 0.4) is 0 Å². The predicted octanol–water partition coefficient (Wildman–Crippen LogP) is 2.23. The smallest absolute Gasteiger partial charge is 0.337 e. The van der Waals surface area contributed by atoms with Gasteiger partial charge in [-0.1, -0.05) is 12.8 Å². The van der Waals surface area contributed by atoms with E-state index >= 15 is 0 Å². The van der Waals surface area contributed by atoms with E-state index in [-0.39, 0.29) is 17.4 Å². The fourth-order valence-corrected chi connectivity index (χ4v) is 2.44. The minimum absolute atomic E-state index is 0.116. The van der Waals surface area contributed by atoms with Crippen LogP contribution in [0.25, 0.3) is 11.3 Å². The van der Waals surface area contributed by atoms with Gasteiger partial charge in [-0.05, 0) is 25.0 Å².